The summed E-state index contributed by atoms with van der Waals surface area (Å²) in [6, 6.07) is 26.0. The van der Waals surface area contributed by atoms with Gasteiger partial charge in [-0.3, -0.25) is 0 Å². The van der Waals surface area contributed by atoms with E-state index >= 15 is 0 Å². The van der Waals surface area contributed by atoms with Crippen LogP contribution in [0.2, 0.25) is 0 Å². The van der Waals surface area contributed by atoms with Gasteiger partial charge in [0.05, 0.1) is 0 Å². The molecule has 0 aromatic heterocycles. The fourth-order valence-corrected chi connectivity index (χ4v) is 2.77. The molecule has 0 heterocycles. The molecule has 104 valence electrons. The van der Waals surface area contributed by atoms with E-state index in [9.17, 15) is 5.11 Å². The topological polar surface area (TPSA) is 20.2 Å². The van der Waals surface area contributed by atoms with Gasteiger partial charge in [-0.1, -0.05) is 82.7 Å². The lowest BCUT2D eigenvalue weighted by Gasteiger charge is -2.12. The smallest absolute Gasteiger partial charge is 0.104 e. The molecule has 1 nitrogen and oxygen atoms in total. The Balaban J connectivity index is 1.87. The molecule has 1 atom stereocenters. The fourth-order valence-electron chi connectivity index (χ4n) is 2.36. The van der Waals surface area contributed by atoms with Crippen LogP contribution in [0.4, 0.5) is 0 Å². The van der Waals surface area contributed by atoms with Gasteiger partial charge in [-0.15, -0.1) is 0 Å². The van der Waals surface area contributed by atoms with Crippen molar-refractivity contribution in [1.82, 2.24) is 0 Å². The Kier molecular flexibility index (Phi) is 4.18. The van der Waals surface area contributed by atoms with Crippen molar-refractivity contribution in [3.8, 4) is 11.1 Å². The lowest BCUT2D eigenvalue weighted by Crippen LogP contribution is -1.99. The Bertz CT molecular complexity index is 720. The maximum absolute atomic E-state index is 10.5. The number of aliphatic hydroxyl groups is 1. The van der Waals surface area contributed by atoms with E-state index in [2.05, 4.69) is 28.1 Å². The zero-order valence-corrected chi connectivity index (χ0v) is 13.0. The van der Waals surface area contributed by atoms with Crippen LogP contribution in [0.5, 0.6) is 0 Å². The molecule has 2 heteroatoms. The summed E-state index contributed by atoms with van der Waals surface area (Å²) < 4.78 is 0.972. The molecule has 0 amide bonds. The van der Waals surface area contributed by atoms with Crippen LogP contribution < -0.4 is 0 Å². The molecule has 0 fully saturated rings. The monoisotopic (exact) mass is 338 g/mol. The summed E-state index contributed by atoms with van der Waals surface area (Å²) in [5.74, 6) is 0. The lowest BCUT2D eigenvalue weighted by molar-refractivity contribution is 0.220. The molecule has 3 aromatic carbocycles. The fraction of sp³-hybridized carbons (Fsp3) is 0.0526. The van der Waals surface area contributed by atoms with E-state index in [4.69, 9.17) is 0 Å². The quantitative estimate of drug-likeness (QED) is 0.696. The van der Waals surface area contributed by atoms with Crippen LogP contribution in [-0.2, 0) is 0 Å². The number of hydrogen-bond donors (Lipinski definition) is 1. The Morgan fingerprint density at radius 3 is 2.00 bits per heavy atom. The van der Waals surface area contributed by atoms with Crippen molar-refractivity contribution in [2.75, 3.05) is 0 Å². The van der Waals surface area contributed by atoms with Gasteiger partial charge in [0, 0.05) is 4.47 Å². The Morgan fingerprint density at radius 2 is 1.33 bits per heavy atom. The van der Waals surface area contributed by atoms with E-state index in [1.807, 2.05) is 66.7 Å². The van der Waals surface area contributed by atoms with Crippen molar-refractivity contribution >= 4 is 15.9 Å². The first kappa shape index (κ1) is 14.1. The number of halogens is 1. The molecule has 0 aliphatic rings. The van der Waals surface area contributed by atoms with E-state index in [0.29, 0.717) is 0 Å². The Labute approximate surface area is 133 Å². The van der Waals surface area contributed by atoms with Gasteiger partial charge < -0.3 is 5.11 Å². The highest BCUT2D eigenvalue weighted by Crippen LogP contribution is 2.26. The van der Waals surface area contributed by atoms with Crippen molar-refractivity contribution in [3.63, 3.8) is 0 Å². The molecule has 3 rings (SSSR count). The first-order valence-corrected chi connectivity index (χ1v) is 7.62. The number of aliphatic hydroxyl groups excluding tert-OH is 1. The first-order valence-electron chi connectivity index (χ1n) is 6.83. The highest BCUT2D eigenvalue weighted by Gasteiger charge is 2.10. The van der Waals surface area contributed by atoms with E-state index in [1.54, 1.807) is 0 Å². The van der Waals surface area contributed by atoms with Gasteiger partial charge in [-0.2, -0.15) is 0 Å². The van der Waals surface area contributed by atoms with Gasteiger partial charge in [0.25, 0.3) is 0 Å². The predicted octanol–water partition coefficient (Wildman–Crippen LogP) is 5.20. The molecule has 0 aliphatic heterocycles. The second-order valence-electron chi connectivity index (χ2n) is 4.95. The van der Waals surface area contributed by atoms with E-state index in [-0.39, 0.29) is 0 Å². The second-order valence-corrected chi connectivity index (χ2v) is 5.86. The molecule has 0 radical (unpaired) electrons. The summed E-state index contributed by atoms with van der Waals surface area (Å²) in [5, 5.41) is 10.5. The maximum atomic E-state index is 10.5. The highest BCUT2D eigenvalue weighted by atomic mass is 79.9. The molecule has 0 spiro atoms. The average Bonchev–Trinajstić information content (AvgIpc) is 2.55. The van der Waals surface area contributed by atoms with Crippen LogP contribution in [-0.4, -0.2) is 5.11 Å². The van der Waals surface area contributed by atoms with Crippen molar-refractivity contribution in [2.24, 2.45) is 0 Å². The molecular weight excluding hydrogens is 324 g/mol. The summed E-state index contributed by atoms with van der Waals surface area (Å²) in [6.45, 7) is 0. The molecule has 0 unspecified atom stereocenters. The Morgan fingerprint density at radius 1 is 0.667 bits per heavy atom. The Hall–Kier alpha value is -1.90. The van der Waals surface area contributed by atoms with Crippen LogP contribution in [0.25, 0.3) is 11.1 Å². The molecule has 0 aliphatic carbocycles. The summed E-state index contributed by atoms with van der Waals surface area (Å²) in [5.41, 5.74) is 4.12. The molecular formula is C19H15BrO. The number of benzene rings is 3. The minimum atomic E-state index is -0.604. The highest BCUT2D eigenvalue weighted by molar-refractivity contribution is 9.10. The average molecular weight is 339 g/mol. The largest absolute Gasteiger partial charge is 0.384 e. The summed E-state index contributed by atoms with van der Waals surface area (Å²) >= 11 is 3.43. The third-order valence-corrected chi connectivity index (χ3v) is 3.99. The minimum absolute atomic E-state index is 0.604. The van der Waals surface area contributed by atoms with Crippen molar-refractivity contribution in [1.29, 1.82) is 0 Å². The van der Waals surface area contributed by atoms with Crippen LogP contribution in [0.1, 0.15) is 17.2 Å². The zero-order valence-electron chi connectivity index (χ0n) is 11.4. The van der Waals surface area contributed by atoms with Crippen molar-refractivity contribution in [3.05, 3.63) is 94.5 Å². The van der Waals surface area contributed by atoms with Gasteiger partial charge in [-0.25, -0.2) is 0 Å². The lowest BCUT2D eigenvalue weighted by atomic mass is 9.98. The summed E-state index contributed by atoms with van der Waals surface area (Å²) in [6.07, 6.45) is -0.604. The van der Waals surface area contributed by atoms with Crippen LogP contribution in [0, 0.1) is 0 Å². The maximum Gasteiger partial charge on any atom is 0.104 e. The molecule has 0 bridgehead atoms. The zero-order chi connectivity index (χ0) is 14.7. The predicted molar refractivity (Wildman–Crippen MR) is 90.1 cm³/mol. The first-order chi connectivity index (χ1) is 10.2. The van der Waals surface area contributed by atoms with Gasteiger partial charge in [-0.05, 0) is 34.4 Å². The van der Waals surface area contributed by atoms with Gasteiger partial charge in [0.15, 0.2) is 0 Å². The molecule has 21 heavy (non-hydrogen) atoms. The van der Waals surface area contributed by atoms with Crippen molar-refractivity contribution < 1.29 is 5.11 Å². The molecule has 0 saturated carbocycles. The second kappa shape index (κ2) is 6.25. The van der Waals surface area contributed by atoms with Gasteiger partial charge >= 0.3 is 0 Å². The van der Waals surface area contributed by atoms with E-state index in [0.717, 1.165) is 21.2 Å². The third kappa shape index (κ3) is 3.23. The standard InChI is InChI=1S/C19H15BrO/c20-18-8-4-7-17(13-18)19(21)16-11-9-15(10-12-16)14-5-2-1-3-6-14/h1-13,19,21H/t19-/m0/s1. The SMILES string of the molecule is O[C@@H](c1ccc(-c2ccccc2)cc1)c1cccc(Br)c1. The van der Waals surface area contributed by atoms with Gasteiger partial charge in [0.2, 0.25) is 0 Å². The summed E-state index contributed by atoms with van der Waals surface area (Å²) in [4.78, 5) is 0. The third-order valence-electron chi connectivity index (χ3n) is 3.50. The number of rotatable bonds is 3. The van der Waals surface area contributed by atoms with Crippen LogP contribution in [0.3, 0.4) is 0 Å². The minimum Gasteiger partial charge on any atom is -0.384 e. The molecule has 1 N–H and O–H groups in total. The number of hydrogen-bond acceptors (Lipinski definition) is 1. The molecule has 3 aromatic rings. The van der Waals surface area contributed by atoms with Gasteiger partial charge in [0.1, 0.15) is 6.10 Å². The summed E-state index contributed by atoms with van der Waals surface area (Å²) in [7, 11) is 0. The molecule has 0 saturated heterocycles. The normalized spacial score (nSPS) is 12.1. The van der Waals surface area contributed by atoms with Crippen LogP contribution >= 0.6 is 15.9 Å². The van der Waals surface area contributed by atoms with E-state index < -0.39 is 6.10 Å². The van der Waals surface area contributed by atoms with Crippen molar-refractivity contribution in [2.45, 2.75) is 6.10 Å². The van der Waals surface area contributed by atoms with E-state index in [1.165, 1.54) is 5.56 Å². The van der Waals surface area contributed by atoms with Crippen LogP contribution in [0.15, 0.2) is 83.3 Å².